The first kappa shape index (κ1) is 19.3. The first-order valence-corrected chi connectivity index (χ1v) is 10.8. The highest BCUT2D eigenvalue weighted by Gasteiger charge is 2.11. The molecule has 2 aromatic heterocycles. The molecular weight excluding hydrogens is 437 g/mol. The van der Waals surface area contributed by atoms with E-state index in [2.05, 4.69) is 15.2 Å². The van der Waals surface area contributed by atoms with Crippen LogP contribution in [-0.4, -0.2) is 15.2 Å². The lowest BCUT2D eigenvalue weighted by atomic mass is 10.2. The number of ether oxygens (including phenoxy) is 1. The molecule has 0 radical (unpaired) electrons. The van der Waals surface area contributed by atoms with Crippen molar-refractivity contribution in [1.82, 2.24) is 15.2 Å². The third-order valence-electron chi connectivity index (χ3n) is 3.60. The van der Waals surface area contributed by atoms with Gasteiger partial charge in [0.05, 0.1) is 5.69 Å². The van der Waals surface area contributed by atoms with Gasteiger partial charge in [0.2, 0.25) is 5.89 Å². The van der Waals surface area contributed by atoms with Gasteiger partial charge in [-0.15, -0.1) is 21.5 Å². The molecule has 2 heterocycles. The molecule has 9 heteroatoms. The fraction of sp³-hybridized carbons (Fsp3) is 0.105. The van der Waals surface area contributed by atoms with Crippen LogP contribution in [0.4, 0.5) is 0 Å². The van der Waals surface area contributed by atoms with Crippen LogP contribution in [-0.2, 0) is 12.4 Å². The summed E-state index contributed by atoms with van der Waals surface area (Å²) in [5.41, 5.74) is 1.73. The Kier molecular flexibility index (Phi) is 6.17. The SMILES string of the molecule is Clc1ccc(OCc2nc(CSc3nnc(-c4cccc(Cl)c4)o3)cs2)cc1. The zero-order valence-electron chi connectivity index (χ0n) is 14.3. The largest absolute Gasteiger partial charge is 0.486 e. The lowest BCUT2D eigenvalue weighted by Crippen LogP contribution is -1.95. The molecule has 0 N–H and O–H groups in total. The topological polar surface area (TPSA) is 61.0 Å². The zero-order chi connectivity index (χ0) is 19.3. The molecule has 0 fully saturated rings. The molecule has 0 bridgehead atoms. The Hall–Kier alpha value is -2.06. The maximum atomic E-state index is 6.00. The zero-order valence-corrected chi connectivity index (χ0v) is 17.5. The molecule has 0 spiro atoms. The Morgan fingerprint density at radius 1 is 1.04 bits per heavy atom. The van der Waals surface area contributed by atoms with Gasteiger partial charge in [-0.1, -0.05) is 41.0 Å². The van der Waals surface area contributed by atoms with Gasteiger partial charge in [0.25, 0.3) is 5.22 Å². The van der Waals surface area contributed by atoms with Crippen LogP contribution in [0.5, 0.6) is 5.75 Å². The molecule has 0 unspecified atom stereocenters. The van der Waals surface area contributed by atoms with Crippen LogP contribution in [0.25, 0.3) is 11.5 Å². The molecule has 28 heavy (non-hydrogen) atoms. The number of nitrogens with zero attached hydrogens (tertiary/aromatic N) is 3. The highest BCUT2D eigenvalue weighted by Crippen LogP contribution is 2.27. The number of hydrogen-bond donors (Lipinski definition) is 0. The summed E-state index contributed by atoms with van der Waals surface area (Å²) in [6.07, 6.45) is 0. The van der Waals surface area contributed by atoms with E-state index in [1.807, 2.05) is 29.6 Å². The van der Waals surface area contributed by atoms with Crippen LogP contribution in [0, 0.1) is 0 Å². The molecule has 0 saturated carbocycles. The summed E-state index contributed by atoms with van der Waals surface area (Å²) in [7, 11) is 0. The van der Waals surface area contributed by atoms with Gasteiger partial charge in [-0.05, 0) is 42.5 Å². The first-order chi connectivity index (χ1) is 13.7. The van der Waals surface area contributed by atoms with Gasteiger partial charge in [0.1, 0.15) is 17.4 Å². The number of thioether (sulfide) groups is 1. The summed E-state index contributed by atoms with van der Waals surface area (Å²) >= 11 is 14.9. The van der Waals surface area contributed by atoms with E-state index in [0.29, 0.717) is 33.5 Å². The molecule has 4 aromatic rings. The third-order valence-corrected chi connectivity index (χ3v) is 5.81. The van der Waals surface area contributed by atoms with E-state index in [9.17, 15) is 0 Å². The van der Waals surface area contributed by atoms with Gasteiger partial charge in [-0.2, -0.15) is 0 Å². The van der Waals surface area contributed by atoms with E-state index < -0.39 is 0 Å². The maximum Gasteiger partial charge on any atom is 0.277 e. The van der Waals surface area contributed by atoms with E-state index in [1.54, 1.807) is 35.6 Å². The lowest BCUT2D eigenvalue weighted by molar-refractivity contribution is 0.305. The molecular formula is C19H13Cl2N3O2S2. The molecule has 0 aliphatic carbocycles. The van der Waals surface area contributed by atoms with Crippen LogP contribution in [0.3, 0.4) is 0 Å². The molecule has 0 aliphatic rings. The van der Waals surface area contributed by atoms with Crippen LogP contribution in [0.2, 0.25) is 10.0 Å². The smallest absolute Gasteiger partial charge is 0.277 e. The van der Waals surface area contributed by atoms with Crippen LogP contribution >= 0.6 is 46.3 Å². The minimum Gasteiger partial charge on any atom is -0.486 e. The second kappa shape index (κ2) is 8.96. The predicted octanol–water partition coefficient (Wildman–Crippen LogP) is 6.37. The second-order valence-electron chi connectivity index (χ2n) is 5.65. The molecule has 2 aromatic carbocycles. The standard InChI is InChI=1S/C19H13Cl2N3O2S2/c20-13-4-6-16(7-5-13)25-9-17-22-15(10-27-17)11-28-19-24-23-18(26-19)12-2-1-3-14(21)8-12/h1-8,10H,9,11H2. The van der Waals surface area contributed by atoms with E-state index in [-0.39, 0.29) is 0 Å². The molecule has 5 nitrogen and oxygen atoms in total. The van der Waals surface area contributed by atoms with Crippen molar-refractivity contribution in [1.29, 1.82) is 0 Å². The fourth-order valence-electron chi connectivity index (χ4n) is 2.30. The Bertz CT molecular complexity index is 1070. The molecule has 142 valence electrons. The number of aromatic nitrogens is 3. The monoisotopic (exact) mass is 449 g/mol. The summed E-state index contributed by atoms with van der Waals surface area (Å²) in [6.45, 7) is 0.413. The number of benzene rings is 2. The fourth-order valence-corrected chi connectivity index (χ4v) is 4.08. The van der Waals surface area contributed by atoms with E-state index in [4.69, 9.17) is 32.4 Å². The van der Waals surface area contributed by atoms with E-state index in [1.165, 1.54) is 11.8 Å². The van der Waals surface area contributed by atoms with E-state index >= 15 is 0 Å². The van der Waals surface area contributed by atoms with Crippen LogP contribution < -0.4 is 4.74 Å². The van der Waals surface area contributed by atoms with Crippen molar-refractivity contribution >= 4 is 46.3 Å². The van der Waals surface area contributed by atoms with Crippen molar-refractivity contribution in [3.8, 4) is 17.2 Å². The average Bonchev–Trinajstić information content (AvgIpc) is 3.35. The summed E-state index contributed by atoms with van der Waals surface area (Å²) in [5, 5.41) is 12.8. The third kappa shape index (κ3) is 5.05. The van der Waals surface area contributed by atoms with Crippen molar-refractivity contribution in [2.24, 2.45) is 0 Å². The second-order valence-corrected chi connectivity index (χ2v) is 8.39. The van der Waals surface area contributed by atoms with Crippen molar-refractivity contribution in [2.45, 2.75) is 17.6 Å². The Morgan fingerprint density at radius 2 is 1.89 bits per heavy atom. The van der Waals surface area contributed by atoms with Crippen molar-refractivity contribution in [2.75, 3.05) is 0 Å². The summed E-state index contributed by atoms with van der Waals surface area (Å²) < 4.78 is 11.4. The van der Waals surface area contributed by atoms with Gasteiger partial charge in [-0.25, -0.2) is 4.98 Å². The predicted molar refractivity (Wildman–Crippen MR) is 112 cm³/mol. The Labute approximate surface area is 179 Å². The van der Waals surface area contributed by atoms with Gasteiger partial charge >= 0.3 is 0 Å². The number of hydrogen-bond acceptors (Lipinski definition) is 7. The maximum absolute atomic E-state index is 6.00. The quantitative estimate of drug-likeness (QED) is 0.305. The number of rotatable bonds is 7. The van der Waals surface area contributed by atoms with Gasteiger partial charge < -0.3 is 9.15 Å². The first-order valence-electron chi connectivity index (χ1n) is 8.19. The molecule has 0 atom stereocenters. The lowest BCUT2D eigenvalue weighted by Gasteiger charge is -2.03. The van der Waals surface area contributed by atoms with Crippen LogP contribution in [0.15, 0.2) is 63.6 Å². The van der Waals surface area contributed by atoms with Crippen molar-refractivity contribution in [3.05, 3.63) is 74.7 Å². The van der Waals surface area contributed by atoms with Crippen LogP contribution in [0.1, 0.15) is 10.7 Å². The van der Waals surface area contributed by atoms with Gasteiger partial charge in [0.15, 0.2) is 0 Å². The minimum atomic E-state index is 0.413. The average molecular weight is 450 g/mol. The summed E-state index contributed by atoms with van der Waals surface area (Å²) in [6, 6.07) is 14.6. The van der Waals surface area contributed by atoms with Crippen molar-refractivity contribution < 1.29 is 9.15 Å². The number of halogens is 2. The Morgan fingerprint density at radius 3 is 2.71 bits per heavy atom. The molecule has 0 aliphatic heterocycles. The highest BCUT2D eigenvalue weighted by atomic mass is 35.5. The molecule has 0 amide bonds. The molecule has 4 rings (SSSR count). The Balaban J connectivity index is 1.31. The summed E-state index contributed by atoms with van der Waals surface area (Å²) in [4.78, 5) is 4.57. The van der Waals surface area contributed by atoms with Gasteiger partial charge in [0, 0.05) is 26.7 Å². The normalized spacial score (nSPS) is 10.9. The van der Waals surface area contributed by atoms with Gasteiger partial charge in [-0.3, -0.25) is 0 Å². The summed E-state index contributed by atoms with van der Waals surface area (Å²) in [5.74, 6) is 1.84. The van der Waals surface area contributed by atoms with E-state index in [0.717, 1.165) is 22.0 Å². The van der Waals surface area contributed by atoms with Crippen molar-refractivity contribution in [3.63, 3.8) is 0 Å². The number of thiazole rings is 1. The molecule has 0 saturated heterocycles. The highest BCUT2D eigenvalue weighted by molar-refractivity contribution is 7.98. The minimum absolute atomic E-state index is 0.413.